The second kappa shape index (κ2) is 14.3. The number of ether oxygens (including phenoxy) is 1. The molecule has 14 heteroatoms. The van der Waals surface area contributed by atoms with E-state index in [0.29, 0.717) is 66.9 Å². The predicted octanol–water partition coefficient (Wildman–Crippen LogP) is 6.51. The van der Waals surface area contributed by atoms with Crippen molar-refractivity contribution in [2.75, 3.05) is 23.0 Å². The number of hydrogen-bond acceptors (Lipinski definition) is 6. The summed E-state index contributed by atoms with van der Waals surface area (Å²) >= 11 is 11.9. The molecule has 0 bridgehead atoms. The third-order valence-corrected chi connectivity index (χ3v) is 12.9. The first kappa shape index (κ1) is 34.2. The molecule has 3 aromatic carbocycles. The second-order valence-electron chi connectivity index (χ2n) is 10.8. The van der Waals surface area contributed by atoms with Crippen molar-refractivity contribution in [2.24, 2.45) is 0 Å². The van der Waals surface area contributed by atoms with Gasteiger partial charge < -0.3 is 0 Å². The summed E-state index contributed by atoms with van der Waals surface area (Å²) in [5, 5.41) is 3.04. The first-order chi connectivity index (χ1) is 21.3. The molecule has 0 fully saturated rings. The standard InChI is InChI=1S/C31H32Cl2N2O7S2Te/c1-2-21(16-31-35(12-6-8-14-44(39,40)41)27-19-24(32)25(33)20-29(27)45-31)15-30-34(11-5-7-13-43(36,37)38)26-17-22-9-3-4-10-23(22)18-28(26)42-30/h3-4,9-10,15-20H,2,5-8,11-14H2,1H3,(H-,36,37,38,39,40,41)/p+1. The fraction of sp³-hybridized carbons (Fsp3) is 0.323. The van der Waals surface area contributed by atoms with E-state index in [1.165, 1.54) is 0 Å². The van der Waals surface area contributed by atoms with Gasteiger partial charge >= 0.3 is 285 Å². The number of hydrogen-bond donors (Lipinski definition) is 2. The van der Waals surface area contributed by atoms with Crippen LogP contribution in [0.25, 0.3) is 25.8 Å². The van der Waals surface area contributed by atoms with Crippen LogP contribution in [0.3, 0.4) is 0 Å². The molecule has 0 radical (unpaired) electrons. The molecule has 0 spiro atoms. The minimum absolute atomic E-state index is 0.295. The van der Waals surface area contributed by atoms with Gasteiger partial charge in [-0.2, -0.15) is 0 Å². The number of aromatic nitrogens is 1. The number of unbranched alkanes of at least 4 members (excludes halogenated alkanes) is 2. The molecular weight excluding hydrogens is 775 g/mol. The summed E-state index contributed by atoms with van der Waals surface area (Å²) in [6, 6.07) is 15.8. The topological polar surface area (TPSA) is 125 Å². The maximum absolute atomic E-state index is 11.3. The Hall–Kier alpha value is -2.14. The predicted molar refractivity (Wildman–Crippen MR) is 181 cm³/mol. The Morgan fingerprint density at radius 1 is 0.933 bits per heavy atom. The Morgan fingerprint density at radius 3 is 2.24 bits per heavy atom. The number of allylic oxidation sites excluding steroid dienone is 2. The quantitative estimate of drug-likeness (QED) is 0.0679. The first-order valence-electron chi connectivity index (χ1n) is 14.4. The van der Waals surface area contributed by atoms with Crippen LogP contribution in [0.5, 0.6) is 5.75 Å². The van der Waals surface area contributed by atoms with Crippen molar-refractivity contribution in [3.8, 4) is 5.75 Å². The average molecular weight is 808 g/mol. The number of anilines is 1. The van der Waals surface area contributed by atoms with E-state index in [2.05, 4.69) is 23.6 Å². The Bertz CT molecular complexity index is 2030. The van der Waals surface area contributed by atoms with Gasteiger partial charge in [0.1, 0.15) is 0 Å². The number of rotatable bonds is 13. The van der Waals surface area contributed by atoms with Gasteiger partial charge in [0.05, 0.1) is 0 Å². The molecule has 1 aliphatic heterocycles. The van der Waals surface area contributed by atoms with E-state index in [0.717, 1.165) is 34.7 Å². The fourth-order valence-electron chi connectivity index (χ4n) is 5.23. The van der Waals surface area contributed by atoms with Crippen LogP contribution in [-0.4, -0.2) is 64.4 Å². The summed E-state index contributed by atoms with van der Waals surface area (Å²) in [5.74, 6) is 0.742. The van der Waals surface area contributed by atoms with Gasteiger partial charge in [0.25, 0.3) is 0 Å². The summed E-state index contributed by atoms with van der Waals surface area (Å²) in [6.07, 6.45) is 6.56. The van der Waals surface area contributed by atoms with Crippen molar-refractivity contribution in [1.29, 1.82) is 0 Å². The van der Waals surface area contributed by atoms with Crippen molar-refractivity contribution in [3.63, 3.8) is 0 Å². The van der Waals surface area contributed by atoms with Crippen LogP contribution in [0.2, 0.25) is 10.0 Å². The Labute approximate surface area is 282 Å². The van der Waals surface area contributed by atoms with E-state index < -0.39 is 40.7 Å². The molecule has 1 aromatic heterocycles. The molecule has 0 aliphatic carbocycles. The van der Waals surface area contributed by atoms with Gasteiger partial charge in [-0.1, -0.05) is 0 Å². The number of halogens is 2. The van der Waals surface area contributed by atoms with E-state index in [-0.39, 0.29) is 11.5 Å². The zero-order valence-corrected chi connectivity index (χ0v) is 29.9. The van der Waals surface area contributed by atoms with Gasteiger partial charge in [-0.05, 0) is 0 Å². The monoisotopic (exact) mass is 809 g/mol. The van der Waals surface area contributed by atoms with Crippen molar-refractivity contribution < 1.29 is 35.2 Å². The molecule has 2 N–H and O–H groups in total. The van der Waals surface area contributed by atoms with E-state index in [1.807, 2.05) is 53.4 Å². The van der Waals surface area contributed by atoms with Crippen molar-refractivity contribution in [3.05, 3.63) is 79.8 Å². The number of fused-ring (bicyclic) bond motifs is 3. The Balaban J connectivity index is 1.51. The fourth-order valence-corrected chi connectivity index (χ4v) is 10.3. The third-order valence-electron chi connectivity index (χ3n) is 7.47. The molecule has 0 atom stereocenters. The van der Waals surface area contributed by atoms with Gasteiger partial charge in [0.15, 0.2) is 0 Å². The summed E-state index contributed by atoms with van der Waals surface area (Å²) < 4.78 is 74.3. The normalized spacial score (nSPS) is 14.9. The molecule has 0 saturated carbocycles. The van der Waals surface area contributed by atoms with Gasteiger partial charge in [0.2, 0.25) is 0 Å². The first-order valence-corrected chi connectivity index (χ1v) is 20.7. The maximum atomic E-state index is 11.3. The third kappa shape index (κ3) is 8.82. The molecule has 2 heterocycles. The minimum atomic E-state index is -4.04. The van der Waals surface area contributed by atoms with Crippen LogP contribution < -0.4 is 14.2 Å². The van der Waals surface area contributed by atoms with Crippen molar-refractivity contribution in [2.45, 2.75) is 45.6 Å². The van der Waals surface area contributed by atoms with Crippen LogP contribution in [0.4, 0.5) is 5.69 Å². The molecule has 0 amide bonds. The molecule has 4 aromatic rings. The molecule has 0 saturated heterocycles. The zero-order valence-electron chi connectivity index (χ0n) is 24.4. The molecule has 1 aliphatic rings. The van der Waals surface area contributed by atoms with E-state index >= 15 is 0 Å². The van der Waals surface area contributed by atoms with Crippen LogP contribution in [0.1, 0.15) is 42.7 Å². The van der Waals surface area contributed by atoms with Crippen LogP contribution in [0.15, 0.2) is 66.1 Å². The van der Waals surface area contributed by atoms with Gasteiger partial charge in [-0.25, -0.2) is 0 Å². The Morgan fingerprint density at radius 2 is 1.58 bits per heavy atom. The van der Waals surface area contributed by atoms with E-state index in [4.69, 9.17) is 27.9 Å². The average Bonchev–Trinajstić information content (AvgIpc) is 3.46. The van der Waals surface area contributed by atoms with Crippen LogP contribution in [0, 0.1) is 0 Å². The Kier molecular flexibility index (Phi) is 10.9. The number of benzene rings is 3. The summed E-state index contributed by atoms with van der Waals surface area (Å²) in [6.45, 7) is 3.11. The molecule has 0 unspecified atom stereocenters. The molecule has 9 nitrogen and oxygen atoms in total. The SMILES string of the molecule is CCC(/C=C1\Oc2cc3ccccc3cc2N1CCCCS(=O)(=O)O)=C\c1[te]c2cc(Cl)c(Cl)cc2[n+]1CCCCS(=O)(=O)O. The molecule has 240 valence electrons. The van der Waals surface area contributed by atoms with Crippen LogP contribution >= 0.6 is 23.2 Å². The molecule has 45 heavy (non-hydrogen) atoms. The summed E-state index contributed by atoms with van der Waals surface area (Å²) in [5.41, 5.74) is 2.87. The van der Waals surface area contributed by atoms with Crippen molar-refractivity contribution >= 4 is 95.3 Å². The van der Waals surface area contributed by atoms with Gasteiger partial charge in [-0.3, -0.25) is 0 Å². The number of aryl methyl sites for hydroxylation is 1. The zero-order chi connectivity index (χ0) is 32.4. The second-order valence-corrected chi connectivity index (χ2v) is 17.8. The van der Waals surface area contributed by atoms with Crippen LogP contribution in [-0.2, 0) is 26.8 Å². The molecule has 5 rings (SSSR count). The van der Waals surface area contributed by atoms with E-state index in [9.17, 15) is 25.9 Å². The van der Waals surface area contributed by atoms with Gasteiger partial charge in [0, 0.05) is 0 Å². The summed E-state index contributed by atoms with van der Waals surface area (Å²) in [7, 11) is -8.08. The van der Waals surface area contributed by atoms with E-state index in [1.54, 1.807) is 0 Å². The van der Waals surface area contributed by atoms with Gasteiger partial charge in [-0.15, -0.1) is 0 Å². The summed E-state index contributed by atoms with van der Waals surface area (Å²) in [4.78, 5) is 2.05. The molecular formula is C31H33Cl2N2O7S2Te+. The number of nitrogens with zero attached hydrogens (tertiary/aromatic N) is 2. The van der Waals surface area contributed by atoms with Crippen molar-refractivity contribution in [1.82, 2.24) is 0 Å².